The van der Waals surface area contributed by atoms with Crippen molar-refractivity contribution in [2.24, 2.45) is 17.3 Å². The van der Waals surface area contributed by atoms with E-state index in [0.29, 0.717) is 10.7 Å². The van der Waals surface area contributed by atoms with E-state index < -0.39 is 11.4 Å². The molecule has 19 heavy (non-hydrogen) atoms. The van der Waals surface area contributed by atoms with Gasteiger partial charge in [0.05, 0.1) is 5.41 Å². The quantitative estimate of drug-likeness (QED) is 0.736. The third-order valence-corrected chi connectivity index (χ3v) is 6.47. The summed E-state index contributed by atoms with van der Waals surface area (Å²) < 4.78 is 0. The second-order valence-electron chi connectivity index (χ2n) is 6.64. The van der Waals surface area contributed by atoms with Gasteiger partial charge in [-0.2, -0.15) is 0 Å². The number of halogens is 1. The maximum atomic E-state index is 11.9. The van der Waals surface area contributed by atoms with Crippen LogP contribution < -0.4 is 0 Å². The molecule has 2 aliphatic carbocycles. The fourth-order valence-electron chi connectivity index (χ4n) is 4.31. The molecule has 2 saturated carbocycles. The minimum Gasteiger partial charge on any atom is -0.481 e. The van der Waals surface area contributed by atoms with Crippen LogP contribution in [0.25, 0.3) is 0 Å². The number of carboxylic acids is 1. The van der Waals surface area contributed by atoms with Gasteiger partial charge < -0.3 is 5.11 Å². The summed E-state index contributed by atoms with van der Waals surface area (Å²) in [6.07, 6.45) is 11.2. The van der Waals surface area contributed by atoms with Gasteiger partial charge in [-0.3, -0.25) is 4.79 Å². The van der Waals surface area contributed by atoms with Crippen LogP contribution >= 0.6 is 15.9 Å². The summed E-state index contributed by atoms with van der Waals surface area (Å²) >= 11 is 3.65. The molecule has 0 saturated heterocycles. The maximum absolute atomic E-state index is 11.9. The minimum absolute atomic E-state index is 0.401. The van der Waals surface area contributed by atoms with Crippen LogP contribution in [-0.4, -0.2) is 15.9 Å². The summed E-state index contributed by atoms with van der Waals surface area (Å²) in [5.41, 5.74) is -0.401. The number of alkyl halides is 1. The van der Waals surface area contributed by atoms with Crippen LogP contribution in [0.15, 0.2) is 0 Å². The summed E-state index contributed by atoms with van der Waals surface area (Å²) in [4.78, 5) is 12.4. The van der Waals surface area contributed by atoms with E-state index in [-0.39, 0.29) is 0 Å². The Balaban J connectivity index is 1.99. The van der Waals surface area contributed by atoms with Gasteiger partial charge >= 0.3 is 5.97 Å². The topological polar surface area (TPSA) is 37.3 Å². The van der Waals surface area contributed by atoms with Crippen LogP contribution in [-0.2, 0) is 4.79 Å². The fraction of sp³-hybridized carbons (Fsp3) is 0.938. The van der Waals surface area contributed by atoms with Crippen molar-refractivity contribution in [3.63, 3.8) is 0 Å². The lowest BCUT2D eigenvalue weighted by molar-refractivity contribution is -0.156. The molecule has 0 spiro atoms. The monoisotopic (exact) mass is 330 g/mol. The normalized spacial score (nSPS) is 40.0. The molecule has 0 aromatic heterocycles. The molecule has 2 rings (SSSR count). The second-order valence-corrected chi connectivity index (χ2v) is 7.94. The first-order chi connectivity index (χ1) is 9.08. The van der Waals surface area contributed by atoms with Crippen LogP contribution in [0.1, 0.15) is 71.1 Å². The maximum Gasteiger partial charge on any atom is 0.309 e. The number of carboxylic acid groups (broad SMARTS) is 1. The van der Waals surface area contributed by atoms with E-state index in [2.05, 4.69) is 22.9 Å². The van der Waals surface area contributed by atoms with E-state index in [1.54, 1.807) is 0 Å². The predicted molar refractivity (Wildman–Crippen MR) is 81.6 cm³/mol. The van der Waals surface area contributed by atoms with E-state index in [9.17, 15) is 9.90 Å². The van der Waals surface area contributed by atoms with Gasteiger partial charge in [0.1, 0.15) is 0 Å². The van der Waals surface area contributed by atoms with Gasteiger partial charge in [-0.05, 0) is 50.4 Å². The smallest absolute Gasteiger partial charge is 0.309 e. The van der Waals surface area contributed by atoms with Crippen LogP contribution in [0, 0.1) is 17.3 Å². The highest BCUT2D eigenvalue weighted by Crippen LogP contribution is 2.50. The van der Waals surface area contributed by atoms with Gasteiger partial charge in [-0.1, -0.05) is 48.5 Å². The van der Waals surface area contributed by atoms with Crippen molar-refractivity contribution in [1.82, 2.24) is 0 Å². The first-order valence-corrected chi connectivity index (χ1v) is 8.87. The first kappa shape index (κ1) is 15.3. The van der Waals surface area contributed by atoms with Crippen molar-refractivity contribution in [2.45, 2.75) is 76.0 Å². The van der Waals surface area contributed by atoms with E-state index in [0.717, 1.165) is 44.4 Å². The number of aliphatic carboxylic acids is 1. The molecule has 0 aromatic carbocycles. The Morgan fingerprint density at radius 1 is 1.16 bits per heavy atom. The molecule has 2 fully saturated rings. The number of hydrogen-bond donors (Lipinski definition) is 1. The van der Waals surface area contributed by atoms with Crippen LogP contribution in [0.4, 0.5) is 0 Å². The molecule has 2 aliphatic rings. The van der Waals surface area contributed by atoms with E-state index in [1.807, 2.05) is 0 Å². The summed E-state index contributed by atoms with van der Waals surface area (Å²) in [6.45, 7) is 2.25. The lowest BCUT2D eigenvalue weighted by Crippen LogP contribution is -2.43. The predicted octanol–water partition coefficient (Wildman–Crippen LogP) is 5.00. The molecule has 0 aromatic rings. The van der Waals surface area contributed by atoms with Crippen molar-refractivity contribution >= 4 is 21.9 Å². The average molecular weight is 331 g/mol. The lowest BCUT2D eigenvalue weighted by atomic mass is 9.60. The van der Waals surface area contributed by atoms with Crippen molar-refractivity contribution < 1.29 is 9.90 Å². The lowest BCUT2D eigenvalue weighted by Gasteiger charge is -2.44. The van der Waals surface area contributed by atoms with Crippen LogP contribution in [0.2, 0.25) is 0 Å². The molecule has 0 heterocycles. The van der Waals surface area contributed by atoms with Gasteiger partial charge in [-0.25, -0.2) is 0 Å². The highest BCUT2D eigenvalue weighted by molar-refractivity contribution is 9.09. The van der Waals surface area contributed by atoms with Crippen LogP contribution in [0.5, 0.6) is 0 Å². The van der Waals surface area contributed by atoms with E-state index in [1.165, 1.54) is 25.7 Å². The molecule has 0 bridgehead atoms. The Hall–Kier alpha value is -0.0500. The minimum atomic E-state index is -0.522. The second kappa shape index (κ2) is 6.60. The van der Waals surface area contributed by atoms with Crippen molar-refractivity contribution in [3.8, 4) is 0 Å². The van der Waals surface area contributed by atoms with Crippen molar-refractivity contribution in [1.29, 1.82) is 0 Å². The molecule has 0 unspecified atom stereocenters. The fourth-order valence-corrected chi connectivity index (χ4v) is 4.76. The molecular formula is C16H27BrO2. The summed E-state index contributed by atoms with van der Waals surface area (Å²) in [7, 11) is 0. The van der Waals surface area contributed by atoms with E-state index in [4.69, 9.17) is 0 Å². The largest absolute Gasteiger partial charge is 0.481 e. The highest BCUT2D eigenvalue weighted by Gasteiger charge is 2.48. The summed E-state index contributed by atoms with van der Waals surface area (Å²) in [5, 5.41) is 9.78. The molecule has 0 aliphatic heterocycles. The summed E-state index contributed by atoms with van der Waals surface area (Å²) in [5.74, 6) is 0.767. The Morgan fingerprint density at radius 2 is 1.74 bits per heavy atom. The molecule has 0 amide bonds. The zero-order chi connectivity index (χ0) is 13.9. The van der Waals surface area contributed by atoms with Gasteiger partial charge in [-0.15, -0.1) is 0 Å². The molecule has 1 N–H and O–H groups in total. The Morgan fingerprint density at radius 3 is 2.21 bits per heavy atom. The number of hydrogen-bond acceptors (Lipinski definition) is 1. The van der Waals surface area contributed by atoms with Gasteiger partial charge in [0, 0.05) is 4.83 Å². The third-order valence-electron chi connectivity index (χ3n) is 5.56. The molecular weight excluding hydrogens is 304 g/mol. The molecule has 0 atom stereocenters. The number of carbonyl (C=O) groups is 1. The zero-order valence-corrected chi connectivity index (χ0v) is 13.6. The molecule has 3 heteroatoms. The number of rotatable bonds is 4. The zero-order valence-electron chi connectivity index (χ0n) is 12.0. The van der Waals surface area contributed by atoms with Gasteiger partial charge in [0.15, 0.2) is 0 Å². The highest BCUT2D eigenvalue weighted by atomic mass is 79.9. The third kappa shape index (κ3) is 3.34. The molecule has 2 nitrogen and oxygen atoms in total. The standard InChI is InChI=1S/C16H27BrO2/c1-2-3-12-4-6-13(7-5-12)16(15(18)19)10-8-14(17)9-11-16/h12-14H,2-11H2,1H3,(H,18,19). The molecule has 110 valence electrons. The van der Waals surface area contributed by atoms with Crippen molar-refractivity contribution in [2.75, 3.05) is 0 Å². The van der Waals surface area contributed by atoms with Gasteiger partial charge in [0.25, 0.3) is 0 Å². The average Bonchev–Trinajstić information content (AvgIpc) is 2.41. The van der Waals surface area contributed by atoms with Gasteiger partial charge in [0.2, 0.25) is 0 Å². The summed E-state index contributed by atoms with van der Waals surface area (Å²) in [6, 6.07) is 0. The van der Waals surface area contributed by atoms with E-state index >= 15 is 0 Å². The van der Waals surface area contributed by atoms with Crippen LogP contribution in [0.3, 0.4) is 0 Å². The molecule has 0 radical (unpaired) electrons. The SMILES string of the molecule is CCCC1CCC(C2(C(=O)O)CCC(Br)CC2)CC1. The Bertz CT molecular complexity index is 300. The Labute approximate surface area is 125 Å². The first-order valence-electron chi connectivity index (χ1n) is 7.96. The van der Waals surface area contributed by atoms with Crippen molar-refractivity contribution in [3.05, 3.63) is 0 Å². The Kier molecular flexibility index (Phi) is 5.33.